The van der Waals surface area contributed by atoms with Crippen molar-refractivity contribution in [2.24, 2.45) is 5.18 Å². The van der Waals surface area contributed by atoms with Gasteiger partial charge in [0.2, 0.25) is 0 Å². The maximum Gasteiger partial charge on any atom is 0.192 e. The Morgan fingerprint density at radius 2 is 1.83 bits per heavy atom. The van der Waals surface area contributed by atoms with E-state index < -0.39 is 17.2 Å². The zero-order valence-corrected chi connectivity index (χ0v) is 10.3. The summed E-state index contributed by atoms with van der Waals surface area (Å²) in [7, 11) is 2.91. The molecule has 0 amide bonds. The number of ether oxygens (including phenoxy) is 2. The number of allylic oxidation sites excluding steroid dienone is 1. The number of rotatable bonds is 5. The lowest BCUT2D eigenvalue weighted by Crippen LogP contribution is -1.99. The fourth-order valence-corrected chi connectivity index (χ4v) is 1.39. The lowest BCUT2D eigenvalue weighted by Gasteiger charge is -2.09. The van der Waals surface area contributed by atoms with Crippen LogP contribution in [0.4, 0.5) is 0 Å². The minimum absolute atomic E-state index is 0.248. The fourth-order valence-electron chi connectivity index (χ4n) is 1.39. The molecule has 0 aromatic heterocycles. The lowest BCUT2D eigenvalue weighted by atomic mass is 10.1. The third kappa shape index (κ3) is 2.65. The normalized spacial score (nSPS) is 11.5. The summed E-state index contributed by atoms with van der Waals surface area (Å²) in [5.41, 5.74) is -0.278. The molecule has 6 nitrogen and oxygen atoms in total. The molecule has 0 aliphatic rings. The van der Waals surface area contributed by atoms with Gasteiger partial charge in [-0.1, -0.05) is 0 Å². The van der Waals surface area contributed by atoms with Crippen LogP contribution in [-0.2, 0) is 4.79 Å². The molecule has 0 spiro atoms. The Bertz CT molecular complexity index is 507. The minimum Gasteiger partial charge on any atom is -0.505 e. The summed E-state index contributed by atoms with van der Waals surface area (Å²) < 4.78 is 10.1. The number of hydrogen-bond acceptors (Lipinski definition) is 6. The van der Waals surface area contributed by atoms with Gasteiger partial charge in [-0.25, -0.2) is 0 Å². The SMILES string of the molecule is COc1ccc(/C(O)=C(\N=O)C(C)=O)cc1OC. The molecule has 0 saturated heterocycles. The molecule has 18 heavy (non-hydrogen) atoms. The molecule has 0 radical (unpaired) electrons. The van der Waals surface area contributed by atoms with Crippen molar-refractivity contribution in [3.63, 3.8) is 0 Å². The van der Waals surface area contributed by atoms with Crippen LogP contribution in [-0.4, -0.2) is 25.1 Å². The van der Waals surface area contributed by atoms with Gasteiger partial charge in [-0.2, -0.15) is 0 Å². The number of Topliss-reactive ketones (excluding diaryl/α,β-unsaturated/α-hetero) is 1. The van der Waals surface area contributed by atoms with E-state index in [2.05, 4.69) is 5.18 Å². The van der Waals surface area contributed by atoms with E-state index in [9.17, 15) is 14.8 Å². The fraction of sp³-hybridized carbons (Fsp3) is 0.250. The van der Waals surface area contributed by atoms with Gasteiger partial charge in [-0.15, -0.1) is 4.91 Å². The quantitative estimate of drug-likeness (QED) is 0.493. The summed E-state index contributed by atoms with van der Waals surface area (Å²) in [4.78, 5) is 21.6. The van der Waals surface area contributed by atoms with E-state index in [1.807, 2.05) is 0 Å². The van der Waals surface area contributed by atoms with Gasteiger partial charge < -0.3 is 14.6 Å². The first-order valence-corrected chi connectivity index (χ1v) is 5.05. The highest BCUT2D eigenvalue weighted by molar-refractivity contribution is 5.99. The molecule has 1 aromatic rings. The topological polar surface area (TPSA) is 85.2 Å². The number of carbonyl (C=O) groups is 1. The van der Waals surface area contributed by atoms with E-state index in [1.54, 1.807) is 6.07 Å². The number of aliphatic hydroxyl groups is 1. The molecule has 96 valence electrons. The highest BCUT2D eigenvalue weighted by Gasteiger charge is 2.15. The zero-order valence-electron chi connectivity index (χ0n) is 10.3. The predicted octanol–water partition coefficient (Wildman–Crippen LogP) is 2.29. The predicted molar refractivity (Wildman–Crippen MR) is 65.6 cm³/mol. The minimum atomic E-state index is -0.614. The van der Waals surface area contributed by atoms with Crippen molar-refractivity contribution in [3.8, 4) is 11.5 Å². The van der Waals surface area contributed by atoms with Crippen LogP contribution in [0.3, 0.4) is 0 Å². The van der Waals surface area contributed by atoms with Gasteiger partial charge in [0, 0.05) is 12.5 Å². The number of aliphatic hydroxyl groups excluding tert-OH is 1. The Morgan fingerprint density at radius 3 is 2.28 bits per heavy atom. The first-order chi connectivity index (χ1) is 8.54. The van der Waals surface area contributed by atoms with E-state index in [1.165, 1.54) is 26.4 Å². The summed E-state index contributed by atoms with van der Waals surface area (Å²) in [5, 5.41) is 12.3. The van der Waals surface area contributed by atoms with Gasteiger partial charge in [-0.05, 0) is 23.4 Å². The molecule has 0 heterocycles. The Kier molecular flexibility index (Phi) is 4.42. The molecule has 0 atom stereocenters. The Balaban J connectivity index is 3.34. The molecule has 0 bridgehead atoms. The standard InChI is InChI=1S/C12H13NO5/c1-7(14)11(13-16)12(15)8-4-5-9(17-2)10(6-8)18-3/h4-6,15H,1-3H3/b12-11+. The molecule has 1 N–H and O–H groups in total. The summed E-state index contributed by atoms with van der Waals surface area (Å²) in [6.07, 6.45) is 0. The number of nitrogens with zero attached hydrogens (tertiary/aromatic N) is 1. The van der Waals surface area contributed by atoms with Crippen molar-refractivity contribution in [1.29, 1.82) is 0 Å². The Morgan fingerprint density at radius 1 is 1.22 bits per heavy atom. The number of benzene rings is 1. The largest absolute Gasteiger partial charge is 0.505 e. The second kappa shape index (κ2) is 5.81. The van der Waals surface area contributed by atoms with Crippen LogP contribution in [0.2, 0.25) is 0 Å². The van der Waals surface area contributed by atoms with Crippen LogP contribution in [0.5, 0.6) is 11.5 Å². The van der Waals surface area contributed by atoms with Gasteiger partial charge in [0.15, 0.2) is 28.7 Å². The van der Waals surface area contributed by atoms with Crippen molar-refractivity contribution >= 4 is 11.5 Å². The zero-order chi connectivity index (χ0) is 13.7. The van der Waals surface area contributed by atoms with Crippen LogP contribution >= 0.6 is 0 Å². The van der Waals surface area contributed by atoms with E-state index in [-0.39, 0.29) is 5.56 Å². The van der Waals surface area contributed by atoms with Crippen LogP contribution in [0.15, 0.2) is 29.1 Å². The number of methoxy groups -OCH3 is 2. The van der Waals surface area contributed by atoms with Crippen molar-refractivity contribution in [2.45, 2.75) is 6.92 Å². The number of ketones is 1. The third-order valence-corrected chi connectivity index (χ3v) is 2.31. The average Bonchev–Trinajstić information content (AvgIpc) is 2.38. The second-order valence-electron chi connectivity index (χ2n) is 3.41. The van der Waals surface area contributed by atoms with E-state index in [0.717, 1.165) is 6.92 Å². The summed E-state index contributed by atoms with van der Waals surface area (Å²) >= 11 is 0. The average molecular weight is 251 g/mol. The van der Waals surface area contributed by atoms with Gasteiger partial charge in [-0.3, -0.25) is 4.79 Å². The molecule has 1 aromatic carbocycles. The van der Waals surface area contributed by atoms with Crippen molar-refractivity contribution in [1.82, 2.24) is 0 Å². The maximum absolute atomic E-state index is 11.1. The summed E-state index contributed by atoms with van der Waals surface area (Å²) in [5.74, 6) is -0.261. The second-order valence-corrected chi connectivity index (χ2v) is 3.41. The molecule has 0 aliphatic heterocycles. The van der Waals surface area contributed by atoms with Gasteiger partial charge in [0.25, 0.3) is 0 Å². The van der Waals surface area contributed by atoms with Crippen molar-refractivity contribution in [2.75, 3.05) is 14.2 Å². The monoisotopic (exact) mass is 251 g/mol. The number of hydrogen-bond donors (Lipinski definition) is 1. The van der Waals surface area contributed by atoms with Gasteiger partial charge >= 0.3 is 0 Å². The molecular formula is C12H13NO5. The van der Waals surface area contributed by atoms with Crippen LogP contribution in [0.1, 0.15) is 12.5 Å². The first kappa shape index (κ1) is 13.7. The number of carbonyl (C=O) groups excluding carboxylic acids is 1. The molecule has 0 saturated carbocycles. The summed E-state index contributed by atoms with van der Waals surface area (Å²) in [6, 6.07) is 4.49. The number of nitroso groups, excluding NO2 is 1. The smallest absolute Gasteiger partial charge is 0.192 e. The molecule has 0 unspecified atom stereocenters. The van der Waals surface area contributed by atoms with E-state index in [0.29, 0.717) is 11.5 Å². The maximum atomic E-state index is 11.1. The highest BCUT2D eigenvalue weighted by Crippen LogP contribution is 2.30. The molecule has 6 heteroatoms. The molecule has 0 aliphatic carbocycles. The van der Waals surface area contributed by atoms with Crippen LogP contribution in [0, 0.1) is 4.91 Å². The lowest BCUT2D eigenvalue weighted by molar-refractivity contribution is -0.113. The first-order valence-electron chi connectivity index (χ1n) is 5.05. The van der Waals surface area contributed by atoms with Gasteiger partial charge in [0.1, 0.15) is 0 Å². The molecular weight excluding hydrogens is 238 g/mol. The van der Waals surface area contributed by atoms with Gasteiger partial charge in [0.05, 0.1) is 14.2 Å². The van der Waals surface area contributed by atoms with Crippen molar-refractivity contribution < 1.29 is 19.4 Å². The van der Waals surface area contributed by atoms with E-state index in [4.69, 9.17) is 9.47 Å². The summed E-state index contributed by atoms with van der Waals surface area (Å²) in [6.45, 7) is 1.15. The van der Waals surface area contributed by atoms with Crippen molar-refractivity contribution in [3.05, 3.63) is 34.4 Å². The Hall–Kier alpha value is -2.37. The van der Waals surface area contributed by atoms with Crippen LogP contribution < -0.4 is 9.47 Å². The Labute approximate surface area is 104 Å². The highest BCUT2D eigenvalue weighted by atomic mass is 16.5. The van der Waals surface area contributed by atoms with Crippen LogP contribution in [0.25, 0.3) is 5.76 Å². The molecule has 1 rings (SSSR count). The third-order valence-electron chi connectivity index (χ3n) is 2.31. The van der Waals surface area contributed by atoms with E-state index >= 15 is 0 Å². The molecule has 0 fully saturated rings.